The van der Waals surface area contributed by atoms with E-state index >= 15 is 0 Å². The molecule has 1 aromatic rings. The van der Waals surface area contributed by atoms with Crippen molar-refractivity contribution in [3.63, 3.8) is 0 Å². The van der Waals surface area contributed by atoms with Gasteiger partial charge in [0.1, 0.15) is 0 Å². The highest BCUT2D eigenvalue weighted by Gasteiger charge is 2.16. The number of rotatable bonds is 6. The molecule has 0 aliphatic heterocycles. The van der Waals surface area contributed by atoms with Crippen LogP contribution >= 0.6 is 0 Å². The molecule has 1 aromatic carbocycles. The Morgan fingerprint density at radius 2 is 1.83 bits per heavy atom. The van der Waals surface area contributed by atoms with E-state index in [1.165, 1.54) is 5.69 Å². The van der Waals surface area contributed by atoms with Gasteiger partial charge in [-0.05, 0) is 36.1 Å². The molecule has 0 saturated carbocycles. The van der Waals surface area contributed by atoms with Crippen molar-refractivity contribution in [3.8, 4) is 6.07 Å². The minimum atomic E-state index is 0.149. The van der Waals surface area contributed by atoms with Crippen LogP contribution in [0.2, 0.25) is 0 Å². The van der Waals surface area contributed by atoms with Crippen LogP contribution in [-0.2, 0) is 0 Å². The van der Waals surface area contributed by atoms with Crippen molar-refractivity contribution in [2.24, 2.45) is 5.41 Å². The second kappa shape index (κ2) is 6.30. The molecule has 1 N–H and O–H groups in total. The molecule has 3 nitrogen and oxygen atoms in total. The molecule has 0 heterocycles. The zero-order valence-corrected chi connectivity index (χ0v) is 11.8. The van der Waals surface area contributed by atoms with Crippen LogP contribution in [0.3, 0.4) is 0 Å². The molecule has 0 atom stereocenters. The maximum atomic E-state index is 8.62. The third-order valence-corrected chi connectivity index (χ3v) is 3.07. The van der Waals surface area contributed by atoms with E-state index in [4.69, 9.17) is 5.26 Å². The number of anilines is 2. The molecular weight excluding hydrogens is 222 g/mol. The number of hydrogen-bond acceptors (Lipinski definition) is 3. The molecule has 98 valence electrons. The molecule has 0 spiro atoms. The number of hydrogen-bond donors (Lipinski definition) is 1. The standard InChI is InChI=1S/C15H23N3/c1-15(2,10-5-11-16)12-17-13-6-8-14(9-7-13)18(3)4/h6-9,17H,5,10,12H2,1-4H3. The van der Waals surface area contributed by atoms with Gasteiger partial charge in [-0.3, -0.25) is 0 Å². The van der Waals surface area contributed by atoms with E-state index in [9.17, 15) is 0 Å². The summed E-state index contributed by atoms with van der Waals surface area (Å²) < 4.78 is 0. The van der Waals surface area contributed by atoms with Crippen molar-refractivity contribution >= 4 is 11.4 Å². The predicted octanol–water partition coefficient (Wildman–Crippen LogP) is 3.49. The minimum Gasteiger partial charge on any atom is -0.385 e. The van der Waals surface area contributed by atoms with Gasteiger partial charge in [0, 0.05) is 38.4 Å². The predicted molar refractivity (Wildman–Crippen MR) is 77.9 cm³/mol. The second-order valence-corrected chi connectivity index (χ2v) is 5.62. The Morgan fingerprint density at radius 1 is 1.22 bits per heavy atom. The van der Waals surface area contributed by atoms with Crippen LogP contribution in [0.25, 0.3) is 0 Å². The van der Waals surface area contributed by atoms with Gasteiger partial charge in [-0.25, -0.2) is 0 Å². The van der Waals surface area contributed by atoms with Crippen molar-refractivity contribution in [3.05, 3.63) is 24.3 Å². The summed E-state index contributed by atoms with van der Waals surface area (Å²) in [6, 6.07) is 10.6. The fourth-order valence-electron chi connectivity index (χ4n) is 1.70. The minimum absolute atomic E-state index is 0.149. The third-order valence-electron chi connectivity index (χ3n) is 3.07. The lowest BCUT2D eigenvalue weighted by Crippen LogP contribution is -2.22. The van der Waals surface area contributed by atoms with Crippen molar-refractivity contribution in [2.75, 3.05) is 30.9 Å². The maximum absolute atomic E-state index is 8.62. The molecule has 0 amide bonds. The highest BCUT2D eigenvalue weighted by atomic mass is 15.1. The van der Waals surface area contributed by atoms with Gasteiger partial charge in [0.05, 0.1) is 6.07 Å². The van der Waals surface area contributed by atoms with Crippen molar-refractivity contribution in [1.82, 2.24) is 0 Å². The fourth-order valence-corrected chi connectivity index (χ4v) is 1.70. The molecule has 0 aliphatic rings. The van der Waals surface area contributed by atoms with Gasteiger partial charge < -0.3 is 10.2 Å². The Morgan fingerprint density at radius 3 is 2.33 bits per heavy atom. The SMILES string of the molecule is CN(C)c1ccc(NCC(C)(C)CCC#N)cc1. The van der Waals surface area contributed by atoms with E-state index in [-0.39, 0.29) is 5.41 Å². The number of benzene rings is 1. The molecule has 1 rings (SSSR count). The number of nitrogens with zero attached hydrogens (tertiary/aromatic N) is 2. The highest BCUT2D eigenvalue weighted by Crippen LogP contribution is 2.23. The monoisotopic (exact) mass is 245 g/mol. The summed E-state index contributed by atoms with van der Waals surface area (Å²) in [5.41, 5.74) is 2.48. The Balaban J connectivity index is 2.51. The summed E-state index contributed by atoms with van der Waals surface area (Å²) in [6.07, 6.45) is 1.54. The zero-order chi connectivity index (χ0) is 13.6. The number of nitrogens with one attached hydrogen (secondary N) is 1. The lowest BCUT2D eigenvalue weighted by Gasteiger charge is -2.24. The largest absolute Gasteiger partial charge is 0.385 e. The van der Waals surface area contributed by atoms with Gasteiger partial charge in [0.25, 0.3) is 0 Å². The van der Waals surface area contributed by atoms with E-state index in [1.807, 2.05) is 14.1 Å². The average molecular weight is 245 g/mol. The van der Waals surface area contributed by atoms with Gasteiger partial charge in [-0.2, -0.15) is 5.26 Å². The number of nitriles is 1. The Labute approximate surface area is 110 Å². The second-order valence-electron chi connectivity index (χ2n) is 5.62. The van der Waals surface area contributed by atoms with E-state index in [0.29, 0.717) is 6.42 Å². The van der Waals surface area contributed by atoms with Gasteiger partial charge >= 0.3 is 0 Å². The first-order valence-corrected chi connectivity index (χ1v) is 6.33. The van der Waals surface area contributed by atoms with Crippen LogP contribution in [0.1, 0.15) is 26.7 Å². The van der Waals surface area contributed by atoms with Gasteiger partial charge in [-0.15, -0.1) is 0 Å². The molecule has 0 radical (unpaired) electrons. The van der Waals surface area contributed by atoms with Crippen LogP contribution < -0.4 is 10.2 Å². The summed E-state index contributed by atoms with van der Waals surface area (Å²) in [6.45, 7) is 5.26. The van der Waals surface area contributed by atoms with E-state index in [2.05, 4.69) is 54.4 Å². The van der Waals surface area contributed by atoms with Crippen molar-refractivity contribution < 1.29 is 0 Å². The Hall–Kier alpha value is -1.69. The van der Waals surface area contributed by atoms with E-state index < -0.39 is 0 Å². The van der Waals surface area contributed by atoms with Gasteiger partial charge in [0.2, 0.25) is 0 Å². The Bertz CT molecular complexity index is 399. The highest BCUT2D eigenvalue weighted by molar-refractivity contribution is 5.54. The fraction of sp³-hybridized carbons (Fsp3) is 0.533. The summed E-state index contributed by atoms with van der Waals surface area (Å²) in [5.74, 6) is 0. The summed E-state index contributed by atoms with van der Waals surface area (Å²) in [7, 11) is 4.07. The molecule has 0 fully saturated rings. The summed E-state index contributed by atoms with van der Waals surface area (Å²) >= 11 is 0. The van der Waals surface area contributed by atoms with Gasteiger partial charge in [0.15, 0.2) is 0 Å². The Kier molecular flexibility index (Phi) is 5.03. The van der Waals surface area contributed by atoms with Gasteiger partial charge in [-0.1, -0.05) is 13.8 Å². The molecule has 0 bridgehead atoms. The summed E-state index contributed by atoms with van der Waals surface area (Å²) in [5, 5.41) is 12.1. The van der Waals surface area contributed by atoms with Crippen LogP contribution in [0, 0.1) is 16.7 Å². The quantitative estimate of drug-likeness (QED) is 0.833. The first-order valence-electron chi connectivity index (χ1n) is 6.33. The normalized spacial score (nSPS) is 10.8. The van der Waals surface area contributed by atoms with Crippen LogP contribution in [0.4, 0.5) is 11.4 Å². The van der Waals surface area contributed by atoms with Crippen LogP contribution in [-0.4, -0.2) is 20.6 Å². The molecule has 0 aromatic heterocycles. The lowest BCUT2D eigenvalue weighted by molar-refractivity contribution is 0.364. The van der Waals surface area contributed by atoms with E-state index in [1.54, 1.807) is 0 Å². The van der Waals surface area contributed by atoms with Crippen molar-refractivity contribution in [2.45, 2.75) is 26.7 Å². The lowest BCUT2D eigenvalue weighted by atomic mass is 9.88. The van der Waals surface area contributed by atoms with E-state index in [0.717, 1.165) is 18.7 Å². The molecule has 0 aliphatic carbocycles. The van der Waals surface area contributed by atoms with Crippen molar-refractivity contribution in [1.29, 1.82) is 5.26 Å². The average Bonchev–Trinajstić information content (AvgIpc) is 2.35. The summed E-state index contributed by atoms with van der Waals surface area (Å²) in [4.78, 5) is 2.08. The first-order chi connectivity index (χ1) is 8.44. The molecular formula is C15H23N3. The zero-order valence-electron chi connectivity index (χ0n) is 11.8. The smallest absolute Gasteiger partial charge is 0.0621 e. The molecule has 18 heavy (non-hydrogen) atoms. The van der Waals surface area contributed by atoms with Crippen LogP contribution in [0.15, 0.2) is 24.3 Å². The topological polar surface area (TPSA) is 39.1 Å². The third kappa shape index (κ3) is 4.67. The van der Waals surface area contributed by atoms with Crippen LogP contribution in [0.5, 0.6) is 0 Å². The molecule has 0 unspecified atom stereocenters. The first kappa shape index (κ1) is 14.4. The molecule has 0 saturated heterocycles. The maximum Gasteiger partial charge on any atom is 0.0621 e. The molecule has 3 heteroatoms.